The topological polar surface area (TPSA) is 52.2 Å². The molecule has 0 amide bonds. The second-order valence-electron chi connectivity index (χ2n) is 8.26. The van der Waals surface area contributed by atoms with Crippen LogP contribution >= 0.6 is 0 Å². The van der Waals surface area contributed by atoms with Crippen molar-refractivity contribution in [1.29, 1.82) is 0 Å². The summed E-state index contributed by atoms with van der Waals surface area (Å²) in [5.41, 5.74) is 3.84. The Balaban J connectivity index is 1.95. The molecule has 5 heteroatoms. The van der Waals surface area contributed by atoms with E-state index in [4.69, 9.17) is 0 Å². The van der Waals surface area contributed by atoms with E-state index in [1.807, 2.05) is 20.8 Å². The van der Waals surface area contributed by atoms with Gasteiger partial charge in [-0.05, 0) is 38.1 Å². The number of likely N-dealkylation sites (N-methyl/N-ethyl adjacent to an activating group) is 1. The minimum Gasteiger partial charge on any atom is -0.366 e. The molecule has 0 bridgehead atoms. The van der Waals surface area contributed by atoms with Crippen molar-refractivity contribution >= 4 is 22.5 Å². The Labute approximate surface area is 150 Å². The minimum absolute atomic E-state index is 0.0489. The smallest absolute Gasteiger partial charge is 0.203 e. The first-order valence-electron chi connectivity index (χ1n) is 9.25. The Morgan fingerprint density at radius 3 is 2.64 bits per heavy atom. The maximum atomic E-state index is 12.5. The fourth-order valence-electron chi connectivity index (χ4n) is 3.60. The van der Waals surface area contributed by atoms with Gasteiger partial charge < -0.3 is 9.88 Å². The number of nitrogens with one attached hydrogen (secondary N) is 1. The van der Waals surface area contributed by atoms with Crippen molar-refractivity contribution in [1.82, 2.24) is 14.9 Å². The van der Waals surface area contributed by atoms with Gasteiger partial charge in [-0.25, -0.2) is 4.98 Å². The van der Waals surface area contributed by atoms with E-state index in [-0.39, 0.29) is 5.78 Å². The summed E-state index contributed by atoms with van der Waals surface area (Å²) in [6.07, 6.45) is 0. The van der Waals surface area contributed by atoms with E-state index in [0.717, 1.165) is 37.2 Å². The van der Waals surface area contributed by atoms with Crippen molar-refractivity contribution in [2.45, 2.75) is 47.6 Å². The number of imidazole rings is 1. The highest BCUT2D eigenvalue weighted by atomic mass is 16.1. The van der Waals surface area contributed by atoms with Gasteiger partial charge in [-0.3, -0.25) is 9.69 Å². The van der Waals surface area contributed by atoms with Gasteiger partial charge in [0.2, 0.25) is 5.78 Å². The van der Waals surface area contributed by atoms with E-state index < -0.39 is 5.41 Å². The maximum Gasteiger partial charge on any atom is 0.203 e. The number of H-pyrrole nitrogens is 1. The number of Topliss-reactive ketones (excluding diaryl/α,β-unsaturated/α-hetero) is 1. The summed E-state index contributed by atoms with van der Waals surface area (Å²) >= 11 is 0. The monoisotopic (exact) mass is 342 g/mol. The third-order valence-electron chi connectivity index (χ3n) is 5.16. The molecule has 1 aromatic carbocycles. The molecule has 1 aromatic heterocycles. The van der Waals surface area contributed by atoms with E-state index in [9.17, 15) is 4.79 Å². The van der Waals surface area contributed by atoms with E-state index in [1.54, 1.807) is 0 Å². The molecule has 1 fully saturated rings. The van der Waals surface area contributed by atoms with Crippen LogP contribution in [0, 0.1) is 12.3 Å². The van der Waals surface area contributed by atoms with Crippen LogP contribution in [-0.4, -0.2) is 52.9 Å². The summed E-state index contributed by atoms with van der Waals surface area (Å²) < 4.78 is 0. The van der Waals surface area contributed by atoms with Gasteiger partial charge >= 0.3 is 0 Å². The molecule has 2 heterocycles. The van der Waals surface area contributed by atoms with E-state index >= 15 is 0 Å². The Morgan fingerprint density at radius 2 is 2.04 bits per heavy atom. The molecule has 1 aliphatic heterocycles. The number of rotatable bonds is 3. The Bertz CT molecular complexity index is 787. The molecule has 25 heavy (non-hydrogen) atoms. The van der Waals surface area contributed by atoms with Gasteiger partial charge in [0.15, 0.2) is 5.82 Å². The summed E-state index contributed by atoms with van der Waals surface area (Å²) in [7, 11) is 0. The zero-order valence-electron chi connectivity index (χ0n) is 16.3. The molecular formula is C20H30N4O. The number of carbonyl (C=O) groups excluding carboxylic acids is 1. The van der Waals surface area contributed by atoms with Gasteiger partial charge in [0, 0.05) is 36.8 Å². The highest BCUT2D eigenvalue weighted by Crippen LogP contribution is 2.29. The Hall–Kier alpha value is -1.88. The number of aromatic nitrogens is 2. The van der Waals surface area contributed by atoms with Gasteiger partial charge in [0.25, 0.3) is 0 Å². The second-order valence-corrected chi connectivity index (χ2v) is 8.26. The molecule has 1 saturated heterocycles. The lowest BCUT2D eigenvalue weighted by molar-refractivity contribution is 0.0848. The minimum atomic E-state index is -0.434. The number of nitrogens with zero attached hydrogens (tertiary/aromatic N) is 3. The van der Waals surface area contributed by atoms with Crippen molar-refractivity contribution in [3.63, 3.8) is 0 Å². The normalized spacial score (nSPS) is 19.6. The lowest BCUT2D eigenvalue weighted by Crippen LogP contribution is -2.52. The number of piperazine rings is 1. The molecule has 3 rings (SSSR count). The van der Waals surface area contributed by atoms with Crippen molar-refractivity contribution in [3.8, 4) is 0 Å². The third-order valence-corrected chi connectivity index (χ3v) is 5.16. The first-order valence-corrected chi connectivity index (χ1v) is 9.25. The quantitative estimate of drug-likeness (QED) is 0.866. The van der Waals surface area contributed by atoms with Crippen LogP contribution in [0.3, 0.4) is 0 Å². The fraction of sp³-hybridized carbons (Fsp3) is 0.600. The molecular weight excluding hydrogens is 312 g/mol. The van der Waals surface area contributed by atoms with Crippen molar-refractivity contribution in [2.75, 3.05) is 31.1 Å². The molecule has 0 radical (unpaired) electrons. The largest absolute Gasteiger partial charge is 0.366 e. The van der Waals surface area contributed by atoms with Gasteiger partial charge in [-0.15, -0.1) is 0 Å². The van der Waals surface area contributed by atoms with E-state index in [0.29, 0.717) is 11.9 Å². The molecule has 0 spiro atoms. The summed E-state index contributed by atoms with van der Waals surface area (Å²) in [6, 6.07) is 4.73. The van der Waals surface area contributed by atoms with Crippen LogP contribution in [0.5, 0.6) is 0 Å². The van der Waals surface area contributed by atoms with Crippen LogP contribution in [0.4, 0.5) is 5.69 Å². The fourth-order valence-corrected chi connectivity index (χ4v) is 3.60. The SMILES string of the molecule is CCN1CCN(c2cc3[nH]c(C(=O)C(C)(C)C)nc3cc2C)[C@H](C)C1. The average molecular weight is 342 g/mol. The van der Waals surface area contributed by atoms with Crippen LogP contribution in [0.15, 0.2) is 12.1 Å². The number of benzene rings is 1. The summed E-state index contributed by atoms with van der Waals surface area (Å²) in [5.74, 6) is 0.510. The highest BCUT2D eigenvalue weighted by molar-refractivity contribution is 5.99. The molecule has 0 saturated carbocycles. The van der Waals surface area contributed by atoms with E-state index in [1.165, 1.54) is 11.3 Å². The first-order chi connectivity index (χ1) is 11.7. The van der Waals surface area contributed by atoms with Crippen LogP contribution in [0.2, 0.25) is 0 Å². The van der Waals surface area contributed by atoms with Crippen molar-refractivity contribution in [2.24, 2.45) is 5.41 Å². The second kappa shape index (κ2) is 6.45. The Kier molecular flexibility index (Phi) is 4.62. The van der Waals surface area contributed by atoms with Crippen LogP contribution in [0.25, 0.3) is 11.0 Å². The number of fused-ring (bicyclic) bond motifs is 1. The summed E-state index contributed by atoms with van der Waals surface area (Å²) in [6.45, 7) is 16.7. The first kappa shape index (κ1) is 17.9. The number of hydrogen-bond acceptors (Lipinski definition) is 4. The highest BCUT2D eigenvalue weighted by Gasteiger charge is 2.27. The number of hydrogen-bond donors (Lipinski definition) is 1. The number of ketones is 1. The molecule has 0 unspecified atom stereocenters. The maximum absolute atomic E-state index is 12.5. The lowest BCUT2D eigenvalue weighted by atomic mass is 9.90. The molecule has 1 atom stereocenters. The number of carbonyl (C=O) groups is 1. The van der Waals surface area contributed by atoms with Gasteiger partial charge in [-0.2, -0.15) is 0 Å². The van der Waals surface area contributed by atoms with Crippen molar-refractivity contribution in [3.05, 3.63) is 23.5 Å². The van der Waals surface area contributed by atoms with Crippen LogP contribution < -0.4 is 4.90 Å². The van der Waals surface area contributed by atoms with Gasteiger partial charge in [0.05, 0.1) is 11.0 Å². The molecule has 5 nitrogen and oxygen atoms in total. The zero-order valence-corrected chi connectivity index (χ0v) is 16.3. The van der Waals surface area contributed by atoms with Gasteiger partial charge in [-0.1, -0.05) is 27.7 Å². The molecule has 136 valence electrons. The number of aryl methyl sites for hydroxylation is 1. The summed E-state index contributed by atoms with van der Waals surface area (Å²) in [5, 5.41) is 0. The number of anilines is 1. The van der Waals surface area contributed by atoms with Crippen LogP contribution in [-0.2, 0) is 0 Å². The zero-order chi connectivity index (χ0) is 18.4. The number of aromatic amines is 1. The average Bonchev–Trinajstić information content (AvgIpc) is 2.95. The third kappa shape index (κ3) is 3.43. The molecule has 0 aliphatic carbocycles. The van der Waals surface area contributed by atoms with Crippen molar-refractivity contribution < 1.29 is 4.79 Å². The molecule has 2 aromatic rings. The van der Waals surface area contributed by atoms with E-state index in [2.05, 4.69) is 52.7 Å². The molecule has 1 N–H and O–H groups in total. The summed E-state index contributed by atoms with van der Waals surface area (Å²) in [4.78, 5) is 25.3. The lowest BCUT2D eigenvalue weighted by Gasteiger charge is -2.41. The predicted octanol–water partition coefficient (Wildman–Crippen LogP) is 3.63. The van der Waals surface area contributed by atoms with Gasteiger partial charge in [0.1, 0.15) is 0 Å². The Morgan fingerprint density at radius 1 is 1.32 bits per heavy atom. The van der Waals surface area contributed by atoms with Crippen LogP contribution in [0.1, 0.15) is 50.8 Å². The standard InChI is InChI=1S/C20H30N4O/c1-7-23-8-9-24(14(3)12-23)17-11-16-15(10-13(17)2)21-19(22-16)18(25)20(4,5)6/h10-11,14H,7-9,12H2,1-6H3,(H,21,22)/t14-/m1/s1. The predicted molar refractivity (Wildman–Crippen MR) is 104 cm³/mol. The molecule has 1 aliphatic rings.